The van der Waals surface area contributed by atoms with Gasteiger partial charge in [-0.1, -0.05) is 0 Å². The molecular formula is C20H23N7O4. The topological polar surface area (TPSA) is 142 Å². The van der Waals surface area contributed by atoms with Crippen LogP contribution in [0, 0.1) is 10.1 Å². The molecule has 162 valence electrons. The lowest BCUT2D eigenvalue weighted by Gasteiger charge is -2.24. The van der Waals surface area contributed by atoms with E-state index >= 15 is 0 Å². The first kappa shape index (κ1) is 20.5. The van der Waals surface area contributed by atoms with Crippen LogP contribution in [0.5, 0.6) is 0 Å². The minimum Gasteiger partial charge on any atom is -0.444 e. The van der Waals surface area contributed by atoms with Crippen LogP contribution in [0.15, 0.2) is 30.6 Å². The lowest BCUT2D eigenvalue weighted by molar-refractivity contribution is -0.384. The van der Waals surface area contributed by atoms with Crippen molar-refractivity contribution < 1.29 is 14.5 Å². The molecule has 1 amide bonds. The number of aromatic nitrogens is 4. The van der Waals surface area contributed by atoms with Crippen LogP contribution in [0.1, 0.15) is 33.2 Å². The van der Waals surface area contributed by atoms with Gasteiger partial charge in [-0.05, 0) is 39.3 Å². The summed E-state index contributed by atoms with van der Waals surface area (Å²) in [5.74, 6) is 0.270. The zero-order valence-corrected chi connectivity index (χ0v) is 17.5. The normalized spacial score (nSPS) is 16.6. The molecular weight excluding hydrogens is 402 g/mol. The molecule has 0 spiro atoms. The van der Waals surface area contributed by atoms with E-state index in [0.717, 1.165) is 0 Å². The zero-order chi connectivity index (χ0) is 22.3. The fourth-order valence-electron chi connectivity index (χ4n) is 3.63. The van der Waals surface area contributed by atoms with Gasteiger partial charge in [0.1, 0.15) is 23.4 Å². The van der Waals surface area contributed by atoms with E-state index in [0.29, 0.717) is 41.8 Å². The van der Waals surface area contributed by atoms with E-state index in [2.05, 4.69) is 9.97 Å². The quantitative estimate of drug-likeness (QED) is 0.498. The van der Waals surface area contributed by atoms with E-state index in [-0.39, 0.29) is 23.6 Å². The second-order valence-corrected chi connectivity index (χ2v) is 8.42. The maximum atomic E-state index is 12.4. The molecule has 3 heterocycles. The van der Waals surface area contributed by atoms with Crippen LogP contribution in [0.4, 0.5) is 16.3 Å². The summed E-state index contributed by atoms with van der Waals surface area (Å²) in [5, 5.41) is 16.3. The van der Waals surface area contributed by atoms with Gasteiger partial charge in [0.2, 0.25) is 0 Å². The fourth-order valence-corrected chi connectivity index (χ4v) is 3.63. The molecule has 2 aromatic heterocycles. The van der Waals surface area contributed by atoms with E-state index in [4.69, 9.17) is 15.6 Å². The largest absolute Gasteiger partial charge is 0.444 e. The molecule has 1 aromatic carbocycles. The Labute approximate surface area is 178 Å². The van der Waals surface area contributed by atoms with Crippen LogP contribution >= 0.6 is 0 Å². The van der Waals surface area contributed by atoms with Crippen molar-refractivity contribution in [3.05, 3.63) is 40.7 Å². The second kappa shape index (κ2) is 7.49. The lowest BCUT2D eigenvalue weighted by Crippen LogP contribution is -2.35. The number of carbonyl (C=O) groups excluding carboxylic acids is 1. The van der Waals surface area contributed by atoms with Gasteiger partial charge < -0.3 is 15.4 Å². The highest BCUT2D eigenvalue weighted by Crippen LogP contribution is 2.34. The van der Waals surface area contributed by atoms with Crippen LogP contribution < -0.4 is 5.73 Å². The number of hydrogen-bond donors (Lipinski definition) is 1. The van der Waals surface area contributed by atoms with Gasteiger partial charge in [-0.25, -0.2) is 19.4 Å². The Morgan fingerprint density at radius 1 is 1.26 bits per heavy atom. The van der Waals surface area contributed by atoms with Gasteiger partial charge in [0.05, 0.1) is 16.4 Å². The Hall–Kier alpha value is -3.76. The number of nitrogen functional groups attached to an aromatic ring is 1. The summed E-state index contributed by atoms with van der Waals surface area (Å²) in [4.78, 5) is 33.1. The number of benzene rings is 1. The van der Waals surface area contributed by atoms with Crippen molar-refractivity contribution in [1.29, 1.82) is 0 Å². The summed E-state index contributed by atoms with van der Waals surface area (Å²) in [7, 11) is 0. The van der Waals surface area contributed by atoms with Gasteiger partial charge in [-0.2, -0.15) is 5.10 Å². The number of hydrogen-bond acceptors (Lipinski definition) is 8. The molecule has 11 heteroatoms. The number of nitrogens with zero attached hydrogens (tertiary/aromatic N) is 6. The first-order valence-electron chi connectivity index (χ1n) is 9.85. The van der Waals surface area contributed by atoms with Crippen molar-refractivity contribution in [2.75, 3.05) is 18.8 Å². The van der Waals surface area contributed by atoms with Crippen LogP contribution in [-0.4, -0.2) is 54.4 Å². The van der Waals surface area contributed by atoms with E-state index in [1.807, 2.05) is 20.8 Å². The first-order chi connectivity index (χ1) is 14.6. The molecule has 1 saturated heterocycles. The van der Waals surface area contributed by atoms with E-state index in [1.54, 1.807) is 21.7 Å². The predicted octanol–water partition coefficient (Wildman–Crippen LogP) is 3.17. The van der Waals surface area contributed by atoms with Crippen molar-refractivity contribution in [3.8, 4) is 11.3 Å². The standard InChI is InChI=1S/C20H23N7O4/c1-20(2,3)31-19(28)25-9-8-14(10-25)26-18-15(17(21)22-11-23-18)16(24-26)12-4-6-13(7-5-12)27(29)30/h4-7,11,14H,8-10H2,1-3H3,(H2,21,22,23)/t14-/m0/s1. The maximum Gasteiger partial charge on any atom is 0.410 e. The van der Waals surface area contributed by atoms with Gasteiger partial charge in [0, 0.05) is 30.8 Å². The molecule has 3 aromatic rings. The average molecular weight is 425 g/mol. The number of amides is 1. The smallest absolute Gasteiger partial charge is 0.410 e. The molecule has 0 saturated carbocycles. The first-order valence-corrected chi connectivity index (χ1v) is 9.85. The van der Waals surface area contributed by atoms with Gasteiger partial charge in [-0.15, -0.1) is 0 Å². The highest BCUT2D eigenvalue weighted by atomic mass is 16.6. The summed E-state index contributed by atoms with van der Waals surface area (Å²) in [6.45, 7) is 6.45. The van der Waals surface area contributed by atoms with Crippen molar-refractivity contribution >= 4 is 28.6 Å². The van der Waals surface area contributed by atoms with Crippen molar-refractivity contribution in [3.63, 3.8) is 0 Å². The minimum atomic E-state index is -0.571. The lowest BCUT2D eigenvalue weighted by atomic mass is 10.1. The molecule has 11 nitrogen and oxygen atoms in total. The van der Waals surface area contributed by atoms with Crippen LogP contribution in [0.3, 0.4) is 0 Å². The summed E-state index contributed by atoms with van der Waals surface area (Å²) < 4.78 is 7.23. The molecule has 0 unspecified atom stereocenters. The molecule has 31 heavy (non-hydrogen) atoms. The second-order valence-electron chi connectivity index (χ2n) is 8.42. The molecule has 0 bridgehead atoms. The molecule has 1 fully saturated rings. The van der Waals surface area contributed by atoms with Gasteiger partial charge in [0.25, 0.3) is 5.69 Å². The fraction of sp³-hybridized carbons (Fsp3) is 0.400. The highest BCUT2D eigenvalue weighted by Gasteiger charge is 2.33. The summed E-state index contributed by atoms with van der Waals surface area (Å²) in [6.07, 6.45) is 1.69. The van der Waals surface area contributed by atoms with Crippen LogP contribution in [0.25, 0.3) is 22.3 Å². The Morgan fingerprint density at radius 3 is 2.61 bits per heavy atom. The predicted molar refractivity (Wildman–Crippen MR) is 113 cm³/mol. The third-order valence-electron chi connectivity index (χ3n) is 5.03. The van der Waals surface area contributed by atoms with Crippen molar-refractivity contribution in [2.45, 2.75) is 38.8 Å². The number of carbonyl (C=O) groups is 1. The highest BCUT2D eigenvalue weighted by molar-refractivity contribution is 5.98. The zero-order valence-electron chi connectivity index (χ0n) is 17.5. The van der Waals surface area contributed by atoms with Crippen molar-refractivity contribution in [1.82, 2.24) is 24.6 Å². The number of nitrogens with two attached hydrogens (primary N) is 1. The molecule has 1 atom stereocenters. The number of likely N-dealkylation sites (tertiary alicyclic amines) is 1. The average Bonchev–Trinajstić information content (AvgIpc) is 3.32. The Bertz CT molecular complexity index is 1150. The monoisotopic (exact) mass is 425 g/mol. The Morgan fingerprint density at radius 2 is 1.97 bits per heavy atom. The minimum absolute atomic E-state index is 0.0134. The number of nitro benzene ring substituents is 1. The molecule has 0 radical (unpaired) electrons. The summed E-state index contributed by atoms with van der Waals surface area (Å²) in [5.41, 5.74) is 7.31. The Balaban J connectivity index is 1.69. The van der Waals surface area contributed by atoms with Gasteiger partial charge in [-0.3, -0.25) is 10.1 Å². The SMILES string of the molecule is CC(C)(C)OC(=O)N1CC[C@H](n2nc(-c3ccc([N+](=O)[O-])cc3)c3c(N)ncnc32)C1. The van der Waals surface area contributed by atoms with Gasteiger partial charge >= 0.3 is 6.09 Å². The summed E-state index contributed by atoms with van der Waals surface area (Å²) in [6, 6.07) is 5.97. The third kappa shape index (κ3) is 3.98. The number of ether oxygens (including phenoxy) is 1. The third-order valence-corrected chi connectivity index (χ3v) is 5.03. The van der Waals surface area contributed by atoms with E-state index in [9.17, 15) is 14.9 Å². The number of nitro groups is 1. The van der Waals surface area contributed by atoms with Crippen molar-refractivity contribution in [2.24, 2.45) is 0 Å². The molecule has 1 aliphatic rings. The maximum absolute atomic E-state index is 12.4. The summed E-state index contributed by atoms with van der Waals surface area (Å²) >= 11 is 0. The molecule has 4 rings (SSSR count). The molecule has 0 aliphatic carbocycles. The number of fused-ring (bicyclic) bond motifs is 1. The molecule has 2 N–H and O–H groups in total. The van der Waals surface area contributed by atoms with Crippen LogP contribution in [-0.2, 0) is 4.74 Å². The molecule has 1 aliphatic heterocycles. The number of rotatable bonds is 3. The van der Waals surface area contributed by atoms with Gasteiger partial charge in [0.15, 0.2) is 5.65 Å². The number of anilines is 1. The van der Waals surface area contributed by atoms with Crippen LogP contribution in [0.2, 0.25) is 0 Å². The van der Waals surface area contributed by atoms with E-state index in [1.165, 1.54) is 18.5 Å². The number of non-ortho nitro benzene ring substituents is 1. The Kier molecular flexibility index (Phi) is 4.96. The van der Waals surface area contributed by atoms with E-state index < -0.39 is 10.5 Å².